The molecule has 0 unspecified atom stereocenters. The molecule has 0 aliphatic rings. The van der Waals surface area contributed by atoms with Crippen LogP contribution in [0, 0.1) is 0 Å². The zero-order chi connectivity index (χ0) is 11.4. The van der Waals surface area contributed by atoms with Crippen LogP contribution < -0.4 is 10.1 Å². The Morgan fingerprint density at radius 2 is 2.00 bits per heavy atom. The van der Waals surface area contributed by atoms with Crippen molar-refractivity contribution in [1.29, 1.82) is 0 Å². The number of methoxy groups -OCH3 is 1. The monoisotopic (exact) mass is 217 g/mol. The molecule has 4 nitrogen and oxygen atoms in total. The van der Waals surface area contributed by atoms with Gasteiger partial charge in [0.05, 0.1) is 7.11 Å². The molecule has 1 heterocycles. The van der Waals surface area contributed by atoms with Crippen molar-refractivity contribution in [2.75, 3.05) is 12.4 Å². The molecule has 0 fully saturated rings. The molecule has 0 radical (unpaired) electrons. The molecule has 0 saturated heterocycles. The van der Waals surface area contributed by atoms with Crippen LogP contribution in [0.5, 0.6) is 5.75 Å². The molecule has 0 aliphatic carbocycles. The summed E-state index contributed by atoms with van der Waals surface area (Å²) in [4.78, 5) is 0. The summed E-state index contributed by atoms with van der Waals surface area (Å²) in [6.45, 7) is 0.765. The van der Waals surface area contributed by atoms with Gasteiger partial charge in [-0.3, -0.25) is 4.68 Å². The van der Waals surface area contributed by atoms with Crippen LogP contribution in [0.25, 0.3) is 0 Å². The van der Waals surface area contributed by atoms with Crippen LogP contribution in [0.3, 0.4) is 0 Å². The normalized spacial score (nSPS) is 10.1. The molecular formula is C12H15N3O. The van der Waals surface area contributed by atoms with Crippen LogP contribution in [0.1, 0.15) is 5.56 Å². The molecule has 0 saturated carbocycles. The quantitative estimate of drug-likeness (QED) is 0.851. The number of aryl methyl sites for hydroxylation is 1. The fourth-order valence-electron chi connectivity index (χ4n) is 1.45. The highest BCUT2D eigenvalue weighted by atomic mass is 16.5. The number of nitrogens with one attached hydrogen (secondary N) is 1. The first kappa shape index (κ1) is 10.5. The number of ether oxygens (including phenoxy) is 1. The van der Waals surface area contributed by atoms with Gasteiger partial charge < -0.3 is 10.1 Å². The number of hydrogen-bond acceptors (Lipinski definition) is 3. The average molecular weight is 217 g/mol. The summed E-state index contributed by atoms with van der Waals surface area (Å²) in [6.07, 6.45) is 1.91. The predicted molar refractivity (Wildman–Crippen MR) is 63.5 cm³/mol. The van der Waals surface area contributed by atoms with Gasteiger partial charge in [0.2, 0.25) is 0 Å². The lowest BCUT2D eigenvalue weighted by Gasteiger charge is -2.04. The maximum Gasteiger partial charge on any atom is 0.148 e. The zero-order valence-electron chi connectivity index (χ0n) is 9.47. The SMILES string of the molecule is COc1ccc(CNc2ccn(C)n2)cc1. The lowest BCUT2D eigenvalue weighted by molar-refractivity contribution is 0.414. The second kappa shape index (κ2) is 4.70. The summed E-state index contributed by atoms with van der Waals surface area (Å²) in [6, 6.07) is 9.93. The molecule has 4 heteroatoms. The van der Waals surface area contributed by atoms with E-state index in [1.165, 1.54) is 5.56 Å². The van der Waals surface area contributed by atoms with Crippen LogP contribution >= 0.6 is 0 Å². The van der Waals surface area contributed by atoms with Crippen molar-refractivity contribution >= 4 is 5.82 Å². The van der Waals surface area contributed by atoms with Gasteiger partial charge in [-0.15, -0.1) is 0 Å². The molecule has 0 amide bonds. The van der Waals surface area contributed by atoms with E-state index in [0.717, 1.165) is 18.1 Å². The highest BCUT2D eigenvalue weighted by Gasteiger charge is 1.97. The van der Waals surface area contributed by atoms with Crippen molar-refractivity contribution in [3.05, 3.63) is 42.1 Å². The summed E-state index contributed by atoms with van der Waals surface area (Å²) in [5.74, 6) is 1.76. The number of aromatic nitrogens is 2. The number of rotatable bonds is 4. The largest absolute Gasteiger partial charge is 0.497 e. The summed E-state index contributed by atoms with van der Waals surface area (Å²) < 4.78 is 6.87. The van der Waals surface area contributed by atoms with Gasteiger partial charge in [-0.25, -0.2) is 0 Å². The molecule has 84 valence electrons. The van der Waals surface area contributed by atoms with Crippen molar-refractivity contribution < 1.29 is 4.74 Å². The summed E-state index contributed by atoms with van der Waals surface area (Å²) >= 11 is 0. The van der Waals surface area contributed by atoms with Gasteiger partial charge in [0, 0.05) is 25.9 Å². The third-order valence-electron chi connectivity index (χ3n) is 2.35. The molecule has 0 aliphatic heterocycles. The van der Waals surface area contributed by atoms with E-state index in [0.29, 0.717) is 0 Å². The maximum absolute atomic E-state index is 5.10. The van der Waals surface area contributed by atoms with E-state index in [2.05, 4.69) is 10.4 Å². The van der Waals surface area contributed by atoms with E-state index in [1.807, 2.05) is 43.6 Å². The standard InChI is InChI=1S/C12H15N3O/c1-15-8-7-12(14-15)13-9-10-3-5-11(16-2)6-4-10/h3-8H,9H2,1-2H3,(H,13,14). The Balaban J connectivity index is 1.94. The Morgan fingerprint density at radius 3 is 2.56 bits per heavy atom. The van der Waals surface area contributed by atoms with Gasteiger partial charge in [-0.1, -0.05) is 12.1 Å². The fourth-order valence-corrected chi connectivity index (χ4v) is 1.45. The van der Waals surface area contributed by atoms with Crippen molar-refractivity contribution in [3.8, 4) is 5.75 Å². The van der Waals surface area contributed by atoms with E-state index in [4.69, 9.17) is 4.74 Å². The number of benzene rings is 1. The number of anilines is 1. The van der Waals surface area contributed by atoms with Crippen molar-refractivity contribution in [3.63, 3.8) is 0 Å². The molecule has 0 spiro atoms. The van der Waals surface area contributed by atoms with E-state index < -0.39 is 0 Å². The zero-order valence-corrected chi connectivity index (χ0v) is 9.47. The van der Waals surface area contributed by atoms with E-state index in [9.17, 15) is 0 Å². The second-order valence-corrected chi connectivity index (χ2v) is 3.58. The highest BCUT2D eigenvalue weighted by Crippen LogP contribution is 2.12. The minimum absolute atomic E-state index is 0.765. The molecular weight excluding hydrogens is 202 g/mol. The van der Waals surface area contributed by atoms with Crippen molar-refractivity contribution in [2.45, 2.75) is 6.54 Å². The van der Waals surface area contributed by atoms with E-state index in [-0.39, 0.29) is 0 Å². The Hall–Kier alpha value is -1.97. The van der Waals surface area contributed by atoms with Crippen LogP contribution in [-0.2, 0) is 13.6 Å². The average Bonchev–Trinajstić information content (AvgIpc) is 2.73. The smallest absolute Gasteiger partial charge is 0.148 e. The fraction of sp³-hybridized carbons (Fsp3) is 0.250. The summed E-state index contributed by atoms with van der Waals surface area (Å²) in [5.41, 5.74) is 1.20. The summed E-state index contributed by atoms with van der Waals surface area (Å²) in [7, 11) is 3.57. The number of hydrogen-bond donors (Lipinski definition) is 1. The van der Waals surface area contributed by atoms with E-state index in [1.54, 1.807) is 11.8 Å². The Morgan fingerprint density at radius 1 is 1.25 bits per heavy atom. The first-order valence-corrected chi connectivity index (χ1v) is 5.14. The van der Waals surface area contributed by atoms with Gasteiger partial charge in [0.15, 0.2) is 0 Å². The topological polar surface area (TPSA) is 39.1 Å². The second-order valence-electron chi connectivity index (χ2n) is 3.58. The van der Waals surface area contributed by atoms with Gasteiger partial charge in [-0.2, -0.15) is 5.10 Å². The molecule has 0 atom stereocenters. The van der Waals surface area contributed by atoms with E-state index >= 15 is 0 Å². The molecule has 0 bridgehead atoms. The Kier molecular flexibility index (Phi) is 3.10. The molecule has 2 aromatic rings. The molecule has 2 rings (SSSR count). The van der Waals surface area contributed by atoms with Gasteiger partial charge in [0.25, 0.3) is 0 Å². The Bertz CT molecular complexity index is 448. The first-order chi connectivity index (χ1) is 7.78. The van der Waals surface area contributed by atoms with Crippen molar-refractivity contribution in [1.82, 2.24) is 9.78 Å². The third-order valence-corrected chi connectivity index (χ3v) is 2.35. The minimum atomic E-state index is 0.765. The van der Waals surface area contributed by atoms with Gasteiger partial charge in [0.1, 0.15) is 11.6 Å². The lowest BCUT2D eigenvalue weighted by Crippen LogP contribution is -2.00. The number of nitrogens with zero attached hydrogens (tertiary/aromatic N) is 2. The predicted octanol–water partition coefficient (Wildman–Crippen LogP) is 2.04. The lowest BCUT2D eigenvalue weighted by atomic mass is 10.2. The Labute approximate surface area is 94.9 Å². The minimum Gasteiger partial charge on any atom is -0.497 e. The molecule has 1 aromatic heterocycles. The van der Waals surface area contributed by atoms with Gasteiger partial charge in [-0.05, 0) is 17.7 Å². The highest BCUT2D eigenvalue weighted by molar-refractivity contribution is 5.35. The third kappa shape index (κ3) is 2.53. The van der Waals surface area contributed by atoms with Crippen LogP contribution in [0.15, 0.2) is 36.5 Å². The molecule has 1 N–H and O–H groups in total. The van der Waals surface area contributed by atoms with Gasteiger partial charge >= 0.3 is 0 Å². The van der Waals surface area contributed by atoms with Crippen LogP contribution in [-0.4, -0.2) is 16.9 Å². The molecule has 1 aromatic carbocycles. The maximum atomic E-state index is 5.10. The molecule has 16 heavy (non-hydrogen) atoms. The van der Waals surface area contributed by atoms with Crippen molar-refractivity contribution in [2.24, 2.45) is 7.05 Å². The summed E-state index contributed by atoms with van der Waals surface area (Å²) in [5, 5.41) is 7.49. The van der Waals surface area contributed by atoms with Crippen LogP contribution in [0.4, 0.5) is 5.82 Å². The van der Waals surface area contributed by atoms with Crippen LogP contribution in [0.2, 0.25) is 0 Å². The first-order valence-electron chi connectivity index (χ1n) is 5.14.